The van der Waals surface area contributed by atoms with Gasteiger partial charge in [-0.15, -0.1) is 11.6 Å². The quantitative estimate of drug-likeness (QED) is 0.640. The Balaban J connectivity index is 2.44. The zero-order chi connectivity index (χ0) is 12.7. The molecule has 1 aromatic carbocycles. The second-order valence-electron chi connectivity index (χ2n) is 3.47. The lowest BCUT2D eigenvalue weighted by molar-refractivity contribution is 0.0923. The van der Waals surface area contributed by atoms with Gasteiger partial charge in [-0.1, -0.05) is 17.7 Å². The summed E-state index contributed by atoms with van der Waals surface area (Å²) in [6.45, 7) is 3.23. The highest BCUT2D eigenvalue weighted by molar-refractivity contribution is 6.31. The molecule has 1 amide bonds. The lowest BCUT2D eigenvalue weighted by Crippen LogP contribution is -2.28. The fourth-order valence-corrected chi connectivity index (χ4v) is 1.63. The summed E-state index contributed by atoms with van der Waals surface area (Å²) >= 11 is 11.4. The first-order valence-corrected chi connectivity index (χ1v) is 6.25. The van der Waals surface area contributed by atoms with Crippen molar-refractivity contribution in [1.29, 1.82) is 0 Å². The lowest BCUT2D eigenvalue weighted by Gasteiger charge is -2.08. The molecule has 0 radical (unpaired) electrons. The molecule has 94 valence electrons. The van der Waals surface area contributed by atoms with Crippen LogP contribution in [-0.2, 0) is 4.74 Å². The molecular formula is C12H15Cl2NO2. The monoisotopic (exact) mass is 275 g/mol. The van der Waals surface area contributed by atoms with E-state index in [9.17, 15) is 4.79 Å². The number of benzene rings is 1. The summed E-state index contributed by atoms with van der Waals surface area (Å²) in [5.74, 6) is 0.320. The number of ether oxygens (including phenoxy) is 1. The van der Waals surface area contributed by atoms with E-state index >= 15 is 0 Å². The number of amides is 1. The van der Waals surface area contributed by atoms with Crippen LogP contribution in [0.3, 0.4) is 0 Å². The third-order valence-electron chi connectivity index (χ3n) is 2.27. The van der Waals surface area contributed by atoms with E-state index in [-0.39, 0.29) is 5.91 Å². The van der Waals surface area contributed by atoms with Crippen molar-refractivity contribution in [3.63, 3.8) is 0 Å². The Hall–Kier alpha value is -0.770. The van der Waals surface area contributed by atoms with Gasteiger partial charge in [-0.25, -0.2) is 0 Å². The van der Waals surface area contributed by atoms with Crippen molar-refractivity contribution in [3.05, 3.63) is 34.3 Å². The summed E-state index contributed by atoms with van der Waals surface area (Å²) < 4.78 is 5.15. The van der Waals surface area contributed by atoms with Gasteiger partial charge < -0.3 is 10.1 Å². The Labute approximate surface area is 111 Å². The second-order valence-corrected chi connectivity index (χ2v) is 4.25. The van der Waals surface area contributed by atoms with Crippen LogP contribution >= 0.6 is 23.2 Å². The van der Waals surface area contributed by atoms with Crippen LogP contribution in [0.5, 0.6) is 0 Å². The van der Waals surface area contributed by atoms with Gasteiger partial charge in [0.25, 0.3) is 5.91 Å². The molecule has 0 saturated heterocycles. The van der Waals surface area contributed by atoms with Crippen molar-refractivity contribution in [2.24, 2.45) is 0 Å². The van der Waals surface area contributed by atoms with E-state index < -0.39 is 0 Å². The molecule has 0 aromatic heterocycles. The summed E-state index contributed by atoms with van der Waals surface area (Å²) in [6.07, 6.45) is 0. The number of hydrogen-bond donors (Lipinski definition) is 1. The van der Waals surface area contributed by atoms with Crippen LogP contribution in [0.15, 0.2) is 18.2 Å². The fourth-order valence-electron chi connectivity index (χ4n) is 1.34. The molecule has 0 aliphatic heterocycles. The molecule has 0 aliphatic rings. The van der Waals surface area contributed by atoms with Crippen LogP contribution in [-0.4, -0.2) is 31.5 Å². The summed E-state index contributed by atoms with van der Waals surface area (Å²) in [5.41, 5.74) is 1.38. The van der Waals surface area contributed by atoms with Crippen LogP contribution in [0.2, 0.25) is 5.02 Å². The number of alkyl halides is 1. The van der Waals surface area contributed by atoms with Crippen LogP contribution in [0, 0.1) is 6.92 Å². The molecule has 0 spiro atoms. The Bertz CT molecular complexity index is 383. The average Bonchev–Trinajstić information content (AvgIpc) is 2.32. The second kappa shape index (κ2) is 7.54. The van der Waals surface area contributed by atoms with Gasteiger partial charge in [-0.05, 0) is 24.6 Å². The minimum absolute atomic E-state index is 0.139. The van der Waals surface area contributed by atoms with Gasteiger partial charge in [0.15, 0.2) is 0 Å². The van der Waals surface area contributed by atoms with Crippen LogP contribution in [0.25, 0.3) is 0 Å². The highest BCUT2D eigenvalue weighted by Gasteiger charge is 2.09. The third-order valence-corrected chi connectivity index (χ3v) is 2.83. The third kappa shape index (κ3) is 4.54. The Morgan fingerprint density at radius 2 is 2.18 bits per heavy atom. The van der Waals surface area contributed by atoms with Gasteiger partial charge in [0.1, 0.15) is 0 Å². The minimum Gasteiger partial charge on any atom is -0.378 e. The molecule has 0 aliphatic carbocycles. The first kappa shape index (κ1) is 14.3. The summed E-state index contributed by atoms with van der Waals surface area (Å²) in [5, 5.41) is 3.35. The van der Waals surface area contributed by atoms with Crippen molar-refractivity contribution < 1.29 is 9.53 Å². The summed E-state index contributed by atoms with van der Waals surface area (Å²) in [6, 6.07) is 5.27. The largest absolute Gasteiger partial charge is 0.378 e. The van der Waals surface area contributed by atoms with E-state index in [1.54, 1.807) is 18.2 Å². The molecule has 0 heterocycles. The Morgan fingerprint density at radius 3 is 2.88 bits per heavy atom. The smallest absolute Gasteiger partial charge is 0.251 e. The predicted octanol–water partition coefficient (Wildman–Crippen LogP) is 2.63. The number of carbonyl (C=O) groups is 1. The molecule has 5 heteroatoms. The maximum absolute atomic E-state index is 11.8. The lowest BCUT2D eigenvalue weighted by atomic mass is 10.1. The average molecular weight is 276 g/mol. The first-order valence-electron chi connectivity index (χ1n) is 5.34. The molecular weight excluding hydrogens is 261 g/mol. The normalized spacial score (nSPS) is 10.3. The number of nitrogens with one attached hydrogen (secondary N) is 1. The van der Waals surface area contributed by atoms with E-state index in [0.717, 1.165) is 5.56 Å². The SMILES string of the molecule is Cc1c(Cl)cccc1C(=O)NCCOCCCl. The van der Waals surface area contributed by atoms with E-state index in [0.29, 0.717) is 36.2 Å². The number of halogens is 2. The number of carbonyl (C=O) groups excluding carboxylic acids is 1. The van der Waals surface area contributed by atoms with Crippen molar-refractivity contribution in [3.8, 4) is 0 Å². The van der Waals surface area contributed by atoms with Crippen LogP contribution in [0.1, 0.15) is 15.9 Å². The topological polar surface area (TPSA) is 38.3 Å². The predicted molar refractivity (Wildman–Crippen MR) is 70.1 cm³/mol. The number of hydrogen-bond acceptors (Lipinski definition) is 2. The summed E-state index contributed by atoms with van der Waals surface area (Å²) in [4.78, 5) is 11.8. The number of rotatable bonds is 6. The molecule has 0 bridgehead atoms. The van der Waals surface area contributed by atoms with Gasteiger partial charge in [-0.3, -0.25) is 4.79 Å². The standard InChI is InChI=1S/C12H15Cl2NO2/c1-9-10(3-2-4-11(9)14)12(16)15-6-8-17-7-5-13/h2-4H,5-8H2,1H3,(H,15,16). The molecule has 3 nitrogen and oxygen atoms in total. The molecule has 0 unspecified atom stereocenters. The van der Waals surface area contributed by atoms with E-state index in [2.05, 4.69) is 5.32 Å². The molecule has 0 saturated carbocycles. The zero-order valence-corrected chi connectivity index (χ0v) is 11.1. The van der Waals surface area contributed by atoms with E-state index in [1.807, 2.05) is 6.92 Å². The van der Waals surface area contributed by atoms with Crippen molar-refractivity contribution in [2.45, 2.75) is 6.92 Å². The van der Waals surface area contributed by atoms with Gasteiger partial charge in [0.2, 0.25) is 0 Å². The Morgan fingerprint density at radius 1 is 1.41 bits per heavy atom. The van der Waals surface area contributed by atoms with E-state index in [4.69, 9.17) is 27.9 Å². The molecule has 1 aromatic rings. The Kier molecular flexibility index (Phi) is 6.34. The molecule has 17 heavy (non-hydrogen) atoms. The molecule has 0 atom stereocenters. The van der Waals surface area contributed by atoms with Crippen LogP contribution in [0.4, 0.5) is 0 Å². The van der Waals surface area contributed by atoms with E-state index in [1.165, 1.54) is 0 Å². The first-order chi connectivity index (χ1) is 8.16. The van der Waals surface area contributed by atoms with Crippen molar-refractivity contribution in [2.75, 3.05) is 25.6 Å². The van der Waals surface area contributed by atoms with Gasteiger partial charge in [0.05, 0.1) is 13.2 Å². The fraction of sp³-hybridized carbons (Fsp3) is 0.417. The van der Waals surface area contributed by atoms with Gasteiger partial charge >= 0.3 is 0 Å². The minimum atomic E-state index is -0.139. The molecule has 0 fully saturated rings. The van der Waals surface area contributed by atoms with Gasteiger partial charge in [-0.2, -0.15) is 0 Å². The summed E-state index contributed by atoms with van der Waals surface area (Å²) in [7, 11) is 0. The van der Waals surface area contributed by atoms with Crippen molar-refractivity contribution >= 4 is 29.1 Å². The van der Waals surface area contributed by atoms with Crippen LogP contribution < -0.4 is 5.32 Å². The van der Waals surface area contributed by atoms with Crippen molar-refractivity contribution in [1.82, 2.24) is 5.32 Å². The zero-order valence-electron chi connectivity index (χ0n) is 9.63. The maximum Gasteiger partial charge on any atom is 0.251 e. The molecule has 1 N–H and O–H groups in total. The highest BCUT2D eigenvalue weighted by atomic mass is 35.5. The van der Waals surface area contributed by atoms with Gasteiger partial charge in [0, 0.05) is 23.0 Å². The highest BCUT2D eigenvalue weighted by Crippen LogP contribution is 2.18. The molecule has 1 rings (SSSR count). The maximum atomic E-state index is 11.8.